The largest absolute Gasteiger partial charge is 0.352 e. The maximum atomic E-state index is 12.9. The minimum Gasteiger partial charge on any atom is -0.352 e. The number of carbonyl (C=O) groups excluding carboxylic acids is 1. The molecule has 0 aromatic heterocycles. The summed E-state index contributed by atoms with van der Waals surface area (Å²) in [6.45, 7) is 0. The van der Waals surface area contributed by atoms with Crippen molar-refractivity contribution in [2.75, 3.05) is 0 Å². The van der Waals surface area contributed by atoms with E-state index in [1.165, 1.54) is 5.56 Å². The molecule has 2 aromatic carbocycles. The van der Waals surface area contributed by atoms with Crippen molar-refractivity contribution < 1.29 is 13.2 Å². The van der Waals surface area contributed by atoms with Crippen molar-refractivity contribution in [2.24, 2.45) is 0 Å². The predicted octanol–water partition coefficient (Wildman–Crippen LogP) is 2.34. The fraction of sp³-hybridized carbons (Fsp3) is 0.381. The normalized spacial score (nSPS) is 17.3. The monoisotopic (exact) mass is 384 g/mol. The molecular weight excluding hydrogens is 360 g/mol. The minimum absolute atomic E-state index is 0.181. The third-order valence-corrected chi connectivity index (χ3v) is 6.67. The lowest BCUT2D eigenvalue weighted by molar-refractivity contribution is -0.122. The molecule has 2 aromatic rings. The second-order valence-corrected chi connectivity index (χ2v) is 9.14. The molecule has 142 valence electrons. The molecular formula is C21H24N2O3S. The quantitative estimate of drug-likeness (QED) is 0.769. The maximum Gasteiger partial charge on any atom is 0.241 e. The van der Waals surface area contributed by atoms with Gasteiger partial charge in [-0.3, -0.25) is 4.79 Å². The number of nitrogens with one attached hydrogen (secondary N) is 2. The van der Waals surface area contributed by atoms with Gasteiger partial charge < -0.3 is 5.32 Å². The van der Waals surface area contributed by atoms with Gasteiger partial charge in [-0.25, -0.2) is 8.42 Å². The van der Waals surface area contributed by atoms with Crippen LogP contribution in [0, 0.1) is 0 Å². The zero-order valence-corrected chi connectivity index (χ0v) is 16.0. The Morgan fingerprint density at radius 2 is 1.78 bits per heavy atom. The fourth-order valence-electron chi connectivity index (χ4n) is 3.54. The van der Waals surface area contributed by atoms with Gasteiger partial charge in [0.05, 0.1) is 4.90 Å². The van der Waals surface area contributed by atoms with Crippen molar-refractivity contribution in [3.63, 3.8) is 0 Å². The molecule has 0 aliphatic heterocycles. The SMILES string of the molecule is O=C(NC1CC1)C(Cc1ccccc1)NS(=O)(=O)c1ccc2c(c1)CCC2. The molecule has 2 aliphatic rings. The number of aryl methyl sites for hydroxylation is 2. The zero-order chi connectivity index (χ0) is 18.9. The molecule has 0 radical (unpaired) electrons. The Morgan fingerprint density at radius 1 is 1.04 bits per heavy atom. The molecule has 1 atom stereocenters. The standard InChI is InChI=1S/C21H24N2O3S/c24-21(22-18-10-11-18)20(13-15-5-2-1-3-6-15)23-27(25,26)19-12-9-16-7-4-8-17(16)14-19/h1-3,5-6,9,12,14,18,20,23H,4,7-8,10-11,13H2,(H,22,24). The Bertz CT molecular complexity index is 937. The zero-order valence-electron chi connectivity index (χ0n) is 15.1. The first-order chi connectivity index (χ1) is 13.0. The highest BCUT2D eigenvalue weighted by Crippen LogP contribution is 2.25. The van der Waals surface area contributed by atoms with Gasteiger partial charge in [-0.15, -0.1) is 0 Å². The average Bonchev–Trinajstić information content (AvgIpc) is 3.34. The third kappa shape index (κ3) is 4.39. The predicted molar refractivity (Wildman–Crippen MR) is 104 cm³/mol. The van der Waals surface area contributed by atoms with Crippen LogP contribution in [0.25, 0.3) is 0 Å². The van der Waals surface area contributed by atoms with Crippen molar-refractivity contribution in [3.8, 4) is 0 Å². The molecule has 27 heavy (non-hydrogen) atoms. The van der Waals surface area contributed by atoms with Gasteiger partial charge in [-0.2, -0.15) is 4.72 Å². The average molecular weight is 385 g/mol. The highest BCUT2D eigenvalue weighted by molar-refractivity contribution is 7.89. The number of rotatable bonds is 7. The number of carbonyl (C=O) groups is 1. The van der Waals surface area contributed by atoms with Gasteiger partial charge in [0.25, 0.3) is 0 Å². The second-order valence-electron chi connectivity index (χ2n) is 7.43. The highest BCUT2D eigenvalue weighted by atomic mass is 32.2. The molecule has 2 aliphatic carbocycles. The fourth-order valence-corrected chi connectivity index (χ4v) is 4.78. The molecule has 4 rings (SSSR count). The molecule has 0 heterocycles. The lowest BCUT2D eigenvalue weighted by Gasteiger charge is -2.19. The van der Waals surface area contributed by atoms with E-state index in [-0.39, 0.29) is 16.8 Å². The van der Waals surface area contributed by atoms with Crippen molar-refractivity contribution in [2.45, 2.75) is 55.5 Å². The van der Waals surface area contributed by atoms with E-state index in [1.807, 2.05) is 36.4 Å². The van der Waals surface area contributed by atoms with Gasteiger partial charge in [0.15, 0.2) is 0 Å². The van der Waals surface area contributed by atoms with Crippen LogP contribution in [0.5, 0.6) is 0 Å². The lowest BCUT2D eigenvalue weighted by atomic mass is 10.1. The van der Waals surface area contributed by atoms with E-state index in [1.54, 1.807) is 12.1 Å². The summed E-state index contributed by atoms with van der Waals surface area (Å²) in [5, 5.41) is 2.92. The van der Waals surface area contributed by atoms with Gasteiger partial charge in [0.2, 0.25) is 15.9 Å². The summed E-state index contributed by atoms with van der Waals surface area (Å²) in [7, 11) is -3.77. The lowest BCUT2D eigenvalue weighted by Crippen LogP contribution is -2.48. The topological polar surface area (TPSA) is 75.3 Å². The first-order valence-electron chi connectivity index (χ1n) is 9.50. The van der Waals surface area contributed by atoms with E-state index >= 15 is 0 Å². The number of hydrogen-bond acceptors (Lipinski definition) is 3. The molecule has 1 fully saturated rings. The first kappa shape index (κ1) is 18.2. The summed E-state index contributed by atoms with van der Waals surface area (Å²) in [6, 6.07) is 14.1. The van der Waals surface area contributed by atoms with Crippen LogP contribution in [0.1, 0.15) is 36.0 Å². The summed E-state index contributed by atoms with van der Waals surface area (Å²) in [6.07, 6.45) is 5.22. The van der Waals surface area contributed by atoms with E-state index < -0.39 is 16.1 Å². The van der Waals surface area contributed by atoms with E-state index in [0.29, 0.717) is 6.42 Å². The first-order valence-corrected chi connectivity index (χ1v) is 11.0. The second kappa shape index (κ2) is 7.44. The van der Waals surface area contributed by atoms with Gasteiger partial charge in [-0.05, 0) is 67.3 Å². The van der Waals surface area contributed by atoms with Crippen molar-refractivity contribution in [1.82, 2.24) is 10.0 Å². The number of amides is 1. The molecule has 6 heteroatoms. The van der Waals surface area contributed by atoms with Crippen molar-refractivity contribution in [1.29, 1.82) is 0 Å². The Hall–Kier alpha value is -2.18. The van der Waals surface area contributed by atoms with Crippen LogP contribution < -0.4 is 10.0 Å². The number of hydrogen-bond donors (Lipinski definition) is 2. The molecule has 1 amide bonds. The van der Waals surface area contributed by atoms with Gasteiger partial charge in [0.1, 0.15) is 6.04 Å². The van der Waals surface area contributed by atoms with Crippen molar-refractivity contribution in [3.05, 3.63) is 65.2 Å². The van der Waals surface area contributed by atoms with Crippen molar-refractivity contribution >= 4 is 15.9 Å². The minimum atomic E-state index is -3.77. The molecule has 0 bridgehead atoms. The van der Waals surface area contributed by atoms with E-state index in [0.717, 1.165) is 43.2 Å². The van der Waals surface area contributed by atoms with Crippen LogP contribution in [0.4, 0.5) is 0 Å². The molecule has 0 saturated heterocycles. The van der Waals surface area contributed by atoms with Gasteiger partial charge in [0, 0.05) is 6.04 Å². The molecule has 2 N–H and O–H groups in total. The Labute approximate surface area is 160 Å². The summed E-state index contributed by atoms with van der Waals surface area (Å²) in [5.41, 5.74) is 3.24. The third-order valence-electron chi connectivity index (χ3n) is 5.20. The molecule has 1 unspecified atom stereocenters. The highest BCUT2D eigenvalue weighted by Gasteiger charge is 2.31. The Balaban J connectivity index is 1.56. The number of fused-ring (bicyclic) bond motifs is 1. The van der Waals surface area contributed by atoms with Crippen LogP contribution >= 0.6 is 0 Å². The molecule has 0 spiro atoms. The summed E-state index contributed by atoms with van der Waals surface area (Å²) in [4.78, 5) is 12.9. The van der Waals surface area contributed by atoms with Crippen LogP contribution in [-0.2, 0) is 34.1 Å². The van der Waals surface area contributed by atoms with Crippen LogP contribution in [0.3, 0.4) is 0 Å². The summed E-state index contributed by atoms with van der Waals surface area (Å²) in [5.74, 6) is -0.258. The van der Waals surface area contributed by atoms with E-state index in [2.05, 4.69) is 10.0 Å². The Kier molecular flexibility index (Phi) is 5.02. The summed E-state index contributed by atoms with van der Waals surface area (Å²) >= 11 is 0. The van der Waals surface area contributed by atoms with Crippen LogP contribution in [0.2, 0.25) is 0 Å². The van der Waals surface area contributed by atoms with Crippen LogP contribution in [0.15, 0.2) is 53.4 Å². The maximum absolute atomic E-state index is 12.9. The van der Waals surface area contributed by atoms with Gasteiger partial charge >= 0.3 is 0 Å². The van der Waals surface area contributed by atoms with Crippen LogP contribution in [-0.4, -0.2) is 26.4 Å². The van der Waals surface area contributed by atoms with E-state index in [4.69, 9.17) is 0 Å². The summed E-state index contributed by atoms with van der Waals surface area (Å²) < 4.78 is 28.5. The van der Waals surface area contributed by atoms with Gasteiger partial charge in [-0.1, -0.05) is 36.4 Å². The number of benzene rings is 2. The Morgan fingerprint density at radius 3 is 2.52 bits per heavy atom. The molecule has 5 nitrogen and oxygen atoms in total. The smallest absolute Gasteiger partial charge is 0.241 e. The van der Waals surface area contributed by atoms with E-state index in [9.17, 15) is 13.2 Å². The molecule has 1 saturated carbocycles. The number of sulfonamides is 1.